The van der Waals surface area contributed by atoms with Gasteiger partial charge in [-0.05, 0) is 64.9 Å². The van der Waals surface area contributed by atoms with Crippen LogP contribution in [0.3, 0.4) is 0 Å². The molecule has 0 bridgehead atoms. The minimum Gasteiger partial charge on any atom is -0.414 e. The Morgan fingerprint density at radius 3 is 2.44 bits per heavy atom. The van der Waals surface area contributed by atoms with Crippen molar-refractivity contribution in [2.24, 2.45) is 0 Å². The lowest BCUT2D eigenvalue weighted by molar-refractivity contribution is 0.0705. The summed E-state index contributed by atoms with van der Waals surface area (Å²) < 4.78 is 17.6. The van der Waals surface area contributed by atoms with Gasteiger partial charge in [-0.3, -0.25) is 5.32 Å². The van der Waals surface area contributed by atoms with Crippen LogP contribution in [0.2, 0.25) is 6.32 Å². The van der Waals surface area contributed by atoms with E-state index in [9.17, 15) is 0 Å². The summed E-state index contributed by atoms with van der Waals surface area (Å²) in [6.07, 6.45) is 8.04. The maximum Gasteiger partial charge on any atom is 0.457 e. The number of hydrogen-bond acceptors (Lipinski definition) is 4. The molecular weight excluding hydrogens is 313 g/mol. The molecule has 1 N–H and O–H groups in total. The van der Waals surface area contributed by atoms with Crippen molar-refractivity contribution in [1.82, 2.24) is 5.32 Å². The molecule has 0 aromatic heterocycles. The number of nitrogens with one attached hydrogen (secondary N) is 1. The minimum atomic E-state index is -0.147. The summed E-state index contributed by atoms with van der Waals surface area (Å²) in [6.45, 7) is 14.1. The van der Waals surface area contributed by atoms with Crippen LogP contribution in [0.15, 0.2) is 11.1 Å². The van der Waals surface area contributed by atoms with E-state index in [2.05, 4.69) is 46.9 Å². The van der Waals surface area contributed by atoms with Crippen molar-refractivity contribution in [3.05, 3.63) is 11.1 Å². The molecule has 1 aliphatic rings. The summed E-state index contributed by atoms with van der Waals surface area (Å²) in [6, 6.07) is 0. The van der Waals surface area contributed by atoms with Crippen LogP contribution in [0.5, 0.6) is 0 Å². The van der Waals surface area contributed by atoms with E-state index in [1.54, 1.807) is 7.11 Å². The molecule has 0 spiro atoms. The van der Waals surface area contributed by atoms with Gasteiger partial charge in [-0.1, -0.05) is 39.2 Å². The molecule has 5 heteroatoms. The smallest absolute Gasteiger partial charge is 0.414 e. The molecule has 0 aromatic carbocycles. The van der Waals surface area contributed by atoms with Gasteiger partial charge in [0.2, 0.25) is 0 Å². The van der Waals surface area contributed by atoms with E-state index in [1.807, 2.05) is 0 Å². The number of ether oxygens (including phenoxy) is 1. The fourth-order valence-corrected chi connectivity index (χ4v) is 2.98. The maximum atomic E-state index is 6.10. The highest BCUT2D eigenvalue weighted by Gasteiger charge is 2.41. The average molecular weight is 353 g/mol. The second kappa shape index (κ2) is 11.4. The van der Waals surface area contributed by atoms with Crippen LogP contribution in [0, 0.1) is 0 Å². The van der Waals surface area contributed by atoms with Crippen molar-refractivity contribution in [3.63, 3.8) is 0 Å². The largest absolute Gasteiger partial charge is 0.457 e. The van der Waals surface area contributed by atoms with Crippen LogP contribution in [0.4, 0.5) is 0 Å². The molecular formula is C20H40BNO3. The van der Waals surface area contributed by atoms with Crippen LogP contribution in [-0.4, -0.2) is 38.7 Å². The molecule has 2 atom stereocenters. The van der Waals surface area contributed by atoms with Crippen LogP contribution >= 0.6 is 0 Å². The number of unbranched alkanes of at least 4 members (excludes halogenated alkanes) is 1. The van der Waals surface area contributed by atoms with E-state index < -0.39 is 0 Å². The molecule has 2 unspecified atom stereocenters. The zero-order valence-corrected chi connectivity index (χ0v) is 17.6. The molecule has 0 aliphatic carbocycles. The van der Waals surface area contributed by atoms with Crippen LogP contribution in [-0.2, 0) is 14.0 Å². The third-order valence-electron chi connectivity index (χ3n) is 5.10. The third kappa shape index (κ3) is 8.25. The monoisotopic (exact) mass is 353 g/mol. The number of hydrogen-bond donors (Lipinski definition) is 1. The van der Waals surface area contributed by atoms with E-state index in [4.69, 9.17) is 14.0 Å². The van der Waals surface area contributed by atoms with Gasteiger partial charge in [-0.25, -0.2) is 0 Å². The topological polar surface area (TPSA) is 43.0 Å². The van der Waals surface area contributed by atoms with Gasteiger partial charge < -0.3 is 14.0 Å². The summed E-state index contributed by atoms with van der Waals surface area (Å²) in [7, 11) is 1.59. The first-order chi connectivity index (χ1) is 11.9. The Balaban J connectivity index is 2.57. The van der Waals surface area contributed by atoms with Crippen LogP contribution in [0.1, 0.15) is 80.1 Å². The van der Waals surface area contributed by atoms with Gasteiger partial charge in [-0.15, -0.1) is 0 Å². The molecule has 1 heterocycles. The average Bonchev–Trinajstić information content (AvgIpc) is 3.35. The van der Waals surface area contributed by atoms with Gasteiger partial charge in [0.05, 0.1) is 0 Å². The van der Waals surface area contributed by atoms with Crippen molar-refractivity contribution < 1.29 is 14.0 Å². The lowest BCUT2D eigenvalue weighted by Gasteiger charge is -2.27. The first kappa shape index (κ1) is 22.7. The summed E-state index contributed by atoms with van der Waals surface area (Å²) in [5.74, 6) is 0. The Bertz CT molecular complexity index is 412. The molecule has 0 aromatic rings. The molecule has 0 saturated carbocycles. The van der Waals surface area contributed by atoms with Gasteiger partial charge in [0.25, 0.3) is 0 Å². The number of epoxide rings is 1. The quantitative estimate of drug-likeness (QED) is 0.208. The molecule has 25 heavy (non-hydrogen) atoms. The van der Waals surface area contributed by atoms with Gasteiger partial charge in [0, 0.05) is 12.7 Å². The Hall–Kier alpha value is -0.355. The Morgan fingerprint density at radius 2 is 1.88 bits per heavy atom. The van der Waals surface area contributed by atoms with Gasteiger partial charge in [-0.2, -0.15) is 0 Å². The van der Waals surface area contributed by atoms with Gasteiger partial charge >= 0.3 is 7.12 Å². The first-order valence-electron chi connectivity index (χ1n) is 10.2. The fourth-order valence-electron chi connectivity index (χ4n) is 2.98. The Morgan fingerprint density at radius 1 is 1.16 bits per heavy atom. The summed E-state index contributed by atoms with van der Waals surface area (Å²) in [5.41, 5.74) is 2.77. The number of allylic oxidation sites excluding steroid dienone is 1. The molecule has 1 rings (SSSR count). The van der Waals surface area contributed by atoms with E-state index in [0.29, 0.717) is 0 Å². The highest BCUT2D eigenvalue weighted by molar-refractivity contribution is 6.44. The summed E-state index contributed by atoms with van der Waals surface area (Å²) in [4.78, 5) is 0. The van der Waals surface area contributed by atoms with Crippen molar-refractivity contribution in [2.45, 2.75) is 104 Å². The highest BCUT2D eigenvalue weighted by atomic mass is 16.6. The second-order valence-corrected chi connectivity index (χ2v) is 7.78. The third-order valence-corrected chi connectivity index (χ3v) is 5.10. The lowest BCUT2D eigenvalue weighted by Crippen LogP contribution is -2.34. The van der Waals surface area contributed by atoms with Gasteiger partial charge in [0.1, 0.15) is 12.3 Å². The standard InChI is InChI=1S/C20H40BNO3/c1-8-11-15-22-19-18(24-19)17(12-9-2)16(4)13-14-21(23-7)25-20(5,6)10-3/h18-19,22H,8-15H2,1-7H3. The normalized spacial score (nSPS) is 21.2. The van der Waals surface area contributed by atoms with Crippen molar-refractivity contribution in [3.8, 4) is 0 Å². The van der Waals surface area contributed by atoms with E-state index in [1.165, 1.54) is 24.0 Å². The molecule has 1 saturated heterocycles. The van der Waals surface area contributed by atoms with Crippen LogP contribution in [0.25, 0.3) is 0 Å². The Kier molecular flexibility index (Phi) is 10.3. The van der Waals surface area contributed by atoms with Crippen molar-refractivity contribution in [2.75, 3.05) is 13.7 Å². The van der Waals surface area contributed by atoms with E-state index >= 15 is 0 Å². The van der Waals surface area contributed by atoms with Gasteiger partial charge in [0.15, 0.2) is 0 Å². The van der Waals surface area contributed by atoms with Crippen molar-refractivity contribution >= 4 is 7.12 Å². The molecule has 0 radical (unpaired) electrons. The fraction of sp³-hybridized carbons (Fsp3) is 0.900. The SMILES string of the molecule is CCCCNC1OC1C(CCC)=C(C)CCB(OC)OC(C)(C)CC. The van der Waals surface area contributed by atoms with Crippen LogP contribution < -0.4 is 5.32 Å². The second-order valence-electron chi connectivity index (χ2n) is 7.78. The minimum absolute atomic E-state index is 0.140. The molecule has 4 nitrogen and oxygen atoms in total. The maximum absolute atomic E-state index is 6.10. The molecule has 146 valence electrons. The lowest BCUT2D eigenvalue weighted by atomic mass is 9.79. The predicted molar refractivity (Wildman–Crippen MR) is 107 cm³/mol. The Labute approximate surface area is 156 Å². The zero-order valence-electron chi connectivity index (χ0n) is 17.6. The van der Waals surface area contributed by atoms with E-state index in [-0.39, 0.29) is 25.1 Å². The zero-order chi connectivity index (χ0) is 18.9. The van der Waals surface area contributed by atoms with E-state index in [0.717, 1.165) is 38.5 Å². The van der Waals surface area contributed by atoms with Crippen molar-refractivity contribution in [1.29, 1.82) is 0 Å². The molecule has 1 fully saturated rings. The molecule has 0 amide bonds. The highest BCUT2D eigenvalue weighted by Crippen LogP contribution is 2.34. The summed E-state index contributed by atoms with van der Waals surface area (Å²) >= 11 is 0. The predicted octanol–water partition coefficient (Wildman–Crippen LogP) is 4.95. The first-order valence-corrected chi connectivity index (χ1v) is 10.2. The molecule has 1 aliphatic heterocycles. The number of rotatable bonds is 14. The summed E-state index contributed by atoms with van der Waals surface area (Å²) in [5, 5.41) is 3.51.